The van der Waals surface area contributed by atoms with Crippen LogP contribution in [0.1, 0.15) is 5.69 Å². The van der Waals surface area contributed by atoms with Crippen molar-refractivity contribution in [3.8, 4) is 11.4 Å². The lowest BCUT2D eigenvalue weighted by molar-refractivity contribution is 0.634. The topological polar surface area (TPSA) is 70.9 Å². The molecule has 7 heteroatoms. The van der Waals surface area contributed by atoms with E-state index in [-0.39, 0.29) is 0 Å². The Labute approximate surface area is 146 Å². The van der Waals surface area contributed by atoms with Gasteiger partial charge in [0.05, 0.1) is 11.4 Å². The van der Waals surface area contributed by atoms with Crippen LogP contribution < -0.4 is 9.80 Å². The Kier molecular flexibility index (Phi) is 4.20. The second-order valence-corrected chi connectivity index (χ2v) is 5.95. The fourth-order valence-electron chi connectivity index (χ4n) is 2.91. The zero-order chi connectivity index (χ0) is 17.1. The standard InChI is InChI=1S/C18H19N7/c1-14-12-17(22-13-21-14)24-8-10-25(11-9-24)18-20-7-5-16(23-18)15-4-2-3-6-19-15/h2-7,12-13H,8-11H2,1H3. The molecule has 0 spiro atoms. The first-order valence-corrected chi connectivity index (χ1v) is 8.32. The lowest BCUT2D eigenvalue weighted by atomic mass is 10.2. The van der Waals surface area contributed by atoms with Gasteiger partial charge in [-0.05, 0) is 25.1 Å². The molecule has 25 heavy (non-hydrogen) atoms. The van der Waals surface area contributed by atoms with Gasteiger partial charge in [0.15, 0.2) is 0 Å². The molecule has 0 radical (unpaired) electrons. The second-order valence-electron chi connectivity index (χ2n) is 5.95. The molecule has 0 saturated carbocycles. The van der Waals surface area contributed by atoms with Crippen LogP contribution in [0.15, 0.2) is 49.1 Å². The number of pyridine rings is 1. The summed E-state index contributed by atoms with van der Waals surface area (Å²) in [6.07, 6.45) is 5.20. The molecule has 126 valence electrons. The molecule has 0 bridgehead atoms. The van der Waals surface area contributed by atoms with E-state index in [2.05, 4.69) is 34.7 Å². The molecule has 1 aliphatic heterocycles. The molecule has 4 rings (SSSR count). The van der Waals surface area contributed by atoms with Crippen molar-refractivity contribution in [2.45, 2.75) is 6.92 Å². The Morgan fingerprint density at radius 2 is 1.64 bits per heavy atom. The molecule has 1 fully saturated rings. The number of anilines is 2. The highest BCUT2D eigenvalue weighted by Gasteiger charge is 2.20. The number of piperazine rings is 1. The van der Waals surface area contributed by atoms with Gasteiger partial charge in [-0.15, -0.1) is 0 Å². The zero-order valence-corrected chi connectivity index (χ0v) is 14.1. The number of nitrogens with zero attached hydrogens (tertiary/aromatic N) is 7. The first-order valence-electron chi connectivity index (χ1n) is 8.32. The minimum Gasteiger partial charge on any atom is -0.353 e. The normalized spacial score (nSPS) is 14.6. The van der Waals surface area contributed by atoms with E-state index >= 15 is 0 Å². The molecule has 0 N–H and O–H groups in total. The van der Waals surface area contributed by atoms with Crippen LogP contribution in [0.3, 0.4) is 0 Å². The first kappa shape index (κ1) is 15.4. The molecule has 0 aliphatic carbocycles. The first-order chi connectivity index (χ1) is 12.3. The molecule has 0 unspecified atom stereocenters. The third-order valence-electron chi connectivity index (χ3n) is 4.25. The van der Waals surface area contributed by atoms with Crippen molar-refractivity contribution < 1.29 is 0 Å². The van der Waals surface area contributed by atoms with Gasteiger partial charge in [0, 0.05) is 50.3 Å². The minimum atomic E-state index is 0.752. The van der Waals surface area contributed by atoms with E-state index in [4.69, 9.17) is 0 Å². The molecule has 1 saturated heterocycles. The van der Waals surface area contributed by atoms with Crippen LogP contribution in [0.2, 0.25) is 0 Å². The average Bonchev–Trinajstić information content (AvgIpc) is 2.69. The zero-order valence-electron chi connectivity index (χ0n) is 14.1. The van der Waals surface area contributed by atoms with E-state index in [0.29, 0.717) is 0 Å². The van der Waals surface area contributed by atoms with Crippen molar-refractivity contribution in [1.82, 2.24) is 24.9 Å². The van der Waals surface area contributed by atoms with Gasteiger partial charge in [-0.1, -0.05) is 6.07 Å². The van der Waals surface area contributed by atoms with E-state index in [1.165, 1.54) is 0 Å². The molecule has 4 heterocycles. The molecule has 7 nitrogen and oxygen atoms in total. The quantitative estimate of drug-likeness (QED) is 0.725. The van der Waals surface area contributed by atoms with Gasteiger partial charge in [0.25, 0.3) is 0 Å². The van der Waals surface area contributed by atoms with Crippen molar-refractivity contribution in [2.75, 3.05) is 36.0 Å². The van der Waals surface area contributed by atoms with E-state index in [1.54, 1.807) is 18.7 Å². The lowest BCUT2D eigenvalue weighted by Crippen LogP contribution is -2.47. The van der Waals surface area contributed by atoms with Crippen molar-refractivity contribution >= 4 is 11.8 Å². The summed E-state index contributed by atoms with van der Waals surface area (Å²) in [4.78, 5) is 26.5. The van der Waals surface area contributed by atoms with Crippen LogP contribution in [0, 0.1) is 6.92 Å². The van der Waals surface area contributed by atoms with Crippen molar-refractivity contribution in [3.63, 3.8) is 0 Å². The summed E-state index contributed by atoms with van der Waals surface area (Å²) in [5, 5.41) is 0. The van der Waals surface area contributed by atoms with Crippen LogP contribution in [-0.2, 0) is 0 Å². The highest BCUT2D eigenvalue weighted by Crippen LogP contribution is 2.19. The van der Waals surface area contributed by atoms with Crippen LogP contribution in [0.25, 0.3) is 11.4 Å². The molecular formula is C18H19N7. The van der Waals surface area contributed by atoms with Crippen molar-refractivity contribution in [2.24, 2.45) is 0 Å². The van der Waals surface area contributed by atoms with Gasteiger partial charge in [0.1, 0.15) is 12.1 Å². The number of aromatic nitrogens is 5. The Morgan fingerprint density at radius 1 is 0.800 bits per heavy atom. The third kappa shape index (κ3) is 3.40. The molecule has 0 aromatic carbocycles. The summed E-state index contributed by atoms with van der Waals surface area (Å²) in [7, 11) is 0. The Hall–Kier alpha value is -3.09. The van der Waals surface area contributed by atoms with E-state index < -0.39 is 0 Å². The Balaban J connectivity index is 1.48. The Morgan fingerprint density at radius 3 is 2.40 bits per heavy atom. The maximum atomic E-state index is 4.69. The van der Waals surface area contributed by atoms with Gasteiger partial charge in [0.2, 0.25) is 5.95 Å². The molecule has 1 aliphatic rings. The second kappa shape index (κ2) is 6.80. The maximum absolute atomic E-state index is 4.69. The highest BCUT2D eigenvalue weighted by atomic mass is 15.3. The summed E-state index contributed by atoms with van der Waals surface area (Å²) < 4.78 is 0. The van der Waals surface area contributed by atoms with Crippen LogP contribution in [-0.4, -0.2) is 51.1 Å². The van der Waals surface area contributed by atoms with Gasteiger partial charge in [-0.2, -0.15) is 0 Å². The highest BCUT2D eigenvalue weighted by molar-refractivity contribution is 5.55. The fourth-order valence-corrected chi connectivity index (χ4v) is 2.91. The lowest BCUT2D eigenvalue weighted by Gasteiger charge is -2.35. The molecule has 0 atom stereocenters. The van der Waals surface area contributed by atoms with Crippen molar-refractivity contribution in [1.29, 1.82) is 0 Å². The predicted octanol–water partition coefficient (Wildman–Crippen LogP) is 1.96. The summed E-state index contributed by atoms with van der Waals surface area (Å²) >= 11 is 0. The summed E-state index contributed by atoms with van der Waals surface area (Å²) in [5.74, 6) is 1.73. The number of hydrogen-bond donors (Lipinski definition) is 0. The Bertz CT molecular complexity index is 845. The predicted molar refractivity (Wildman–Crippen MR) is 96.5 cm³/mol. The van der Waals surface area contributed by atoms with Crippen molar-refractivity contribution in [3.05, 3.63) is 54.7 Å². The van der Waals surface area contributed by atoms with Gasteiger partial charge >= 0.3 is 0 Å². The van der Waals surface area contributed by atoms with Gasteiger partial charge < -0.3 is 9.80 Å². The fraction of sp³-hybridized carbons (Fsp3) is 0.278. The molecule has 3 aromatic heterocycles. The molecule has 3 aromatic rings. The summed E-state index contributed by atoms with van der Waals surface area (Å²) in [6, 6.07) is 9.74. The van der Waals surface area contributed by atoms with Crippen LogP contribution in [0.5, 0.6) is 0 Å². The van der Waals surface area contributed by atoms with Crippen LogP contribution >= 0.6 is 0 Å². The van der Waals surface area contributed by atoms with Gasteiger partial charge in [-0.3, -0.25) is 4.98 Å². The largest absolute Gasteiger partial charge is 0.353 e. The van der Waals surface area contributed by atoms with Crippen LogP contribution in [0.4, 0.5) is 11.8 Å². The minimum absolute atomic E-state index is 0.752. The summed E-state index contributed by atoms with van der Waals surface area (Å²) in [6.45, 7) is 5.46. The SMILES string of the molecule is Cc1cc(N2CCN(c3nccc(-c4ccccn4)n3)CC2)ncn1. The van der Waals surface area contributed by atoms with Gasteiger partial charge in [-0.25, -0.2) is 19.9 Å². The van der Waals surface area contributed by atoms with E-state index in [1.807, 2.05) is 37.3 Å². The summed E-state index contributed by atoms with van der Waals surface area (Å²) in [5.41, 5.74) is 2.69. The van der Waals surface area contributed by atoms with E-state index in [9.17, 15) is 0 Å². The number of rotatable bonds is 3. The smallest absolute Gasteiger partial charge is 0.226 e. The number of hydrogen-bond acceptors (Lipinski definition) is 7. The monoisotopic (exact) mass is 333 g/mol. The maximum Gasteiger partial charge on any atom is 0.226 e. The van der Waals surface area contributed by atoms with E-state index in [0.717, 1.165) is 55.0 Å². The third-order valence-corrected chi connectivity index (χ3v) is 4.25. The number of aryl methyl sites for hydroxylation is 1. The molecule has 0 amide bonds. The average molecular weight is 333 g/mol. The molecular weight excluding hydrogens is 314 g/mol.